The molecular weight excluding hydrogens is 216 g/mol. The Morgan fingerprint density at radius 2 is 2.12 bits per heavy atom. The third-order valence-corrected chi connectivity index (χ3v) is 3.31. The lowest BCUT2D eigenvalue weighted by Gasteiger charge is -2.19. The van der Waals surface area contributed by atoms with Gasteiger partial charge in [0, 0.05) is 6.04 Å². The van der Waals surface area contributed by atoms with Crippen LogP contribution in [0.5, 0.6) is 0 Å². The summed E-state index contributed by atoms with van der Waals surface area (Å²) in [5, 5.41) is 9.67. The molecule has 0 aliphatic rings. The summed E-state index contributed by atoms with van der Waals surface area (Å²) in [7, 11) is 0. The zero-order valence-corrected chi connectivity index (χ0v) is 11.0. The summed E-state index contributed by atoms with van der Waals surface area (Å²) in [5.74, 6) is 0.232. The number of hydrogen-bond acceptors (Lipinski definition) is 3. The molecule has 0 aliphatic carbocycles. The normalized spacial score (nSPS) is 14.4. The molecule has 0 saturated heterocycles. The fourth-order valence-electron chi connectivity index (χ4n) is 1.60. The molecule has 5 heteroatoms. The van der Waals surface area contributed by atoms with Gasteiger partial charge >= 0.3 is 0 Å². The van der Waals surface area contributed by atoms with Gasteiger partial charge in [-0.15, -0.1) is 0 Å². The van der Waals surface area contributed by atoms with E-state index in [2.05, 4.69) is 29.4 Å². The average Bonchev–Trinajstić information content (AvgIpc) is 2.69. The lowest BCUT2D eigenvalue weighted by molar-refractivity contribution is 0.0924. The summed E-state index contributed by atoms with van der Waals surface area (Å²) in [6.07, 6.45) is 1.77. The number of aromatic nitrogens is 2. The standard InChI is InChI=1S/C12H22N4O/c1-5-7(3)8(4)14-12(17)11-10(13)9(6-2)15-16-11/h7-8H,5-6,13H2,1-4H3,(H,14,17)(H,15,16). The van der Waals surface area contributed by atoms with Gasteiger partial charge in [-0.05, 0) is 19.3 Å². The van der Waals surface area contributed by atoms with Crippen LogP contribution in [-0.2, 0) is 6.42 Å². The van der Waals surface area contributed by atoms with Crippen molar-refractivity contribution in [3.05, 3.63) is 11.4 Å². The first-order valence-electron chi connectivity index (χ1n) is 6.14. The maximum atomic E-state index is 12.0. The topological polar surface area (TPSA) is 83.8 Å². The highest BCUT2D eigenvalue weighted by molar-refractivity contribution is 5.97. The number of carbonyl (C=O) groups is 1. The van der Waals surface area contributed by atoms with Gasteiger partial charge in [0.25, 0.3) is 5.91 Å². The van der Waals surface area contributed by atoms with E-state index in [1.807, 2.05) is 13.8 Å². The maximum Gasteiger partial charge on any atom is 0.274 e. The average molecular weight is 238 g/mol. The molecule has 2 unspecified atom stereocenters. The molecule has 1 amide bonds. The Morgan fingerprint density at radius 1 is 1.47 bits per heavy atom. The number of nitrogens with one attached hydrogen (secondary N) is 2. The highest BCUT2D eigenvalue weighted by Crippen LogP contribution is 2.15. The van der Waals surface area contributed by atoms with Gasteiger partial charge in [0.15, 0.2) is 5.69 Å². The lowest BCUT2D eigenvalue weighted by Crippen LogP contribution is -2.37. The van der Waals surface area contributed by atoms with Gasteiger partial charge in [-0.1, -0.05) is 27.2 Å². The van der Waals surface area contributed by atoms with Crippen LogP contribution in [0.25, 0.3) is 0 Å². The Labute approximate surface area is 102 Å². The SMILES string of the molecule is CCc1[nH]nc(C(=O)NC(C)C(C)CC)c1N. The molecule has 96 valence electrons. The Morgan fingerprint density at radius 3 is 2.59 bits per heavy atom. The number of nitrogens with zero attached hydrogens (tertiary/aromatic N) is 1. The Kier molecular flexibility index (Phi) is 4.54. The van der Waals surface area contributed by atoms with Crippen LogP contribution in [0.2, 0.25) is 0 Å². The molecule has 1 heterocycles. The second kappa shape index (κ2) is 5.70. The van der Waals surface area contributed by atoms with Gasteiger partial charge in [0.05, 0.1) is 11.4 Å². The first-order chi connectivity index (χ1) is 8.01. The zero-order chi connectivity index (χ0) is 13.0. The van der Waals surface area contributed by atoms with Crippen LogP contribution in [-0.4, -0.2) is 22.1 Å². The largest absolute Gasteiger partial charge is 0.395 e. The summed E-state index contributed by atoms with van der Waals surface area (Å²) >= 11 is 0. The van der Waals surface area contributed by atoms with Crippen molar-refractivity contribution in [3.63, 3.8) is 0 Å². The van der Waals surface area contributed by atoms with Crippen LogP contribution >= 0.6 is 0 Å². The highest BCUT2D eigenvalue weighted by atomic mass is 16.2. The van der Waals surface area contributed by atoms with Gasteiger partial charge in [-0.25, -0.2) is 0 Å². The van der Waals surface area contributed by atoms with Crippen molar-refractivity contribution < 1.29 is 4.79 Å². The number of aryl methyl sites for hydroxylation is 1. The molecule has 0 bridgehead atoms. The molecule has 0 saturated carbocycles. The van der Waals surface area contributed by atoms with Crippen molar-refractivity contribution in [2.45, 2.75) is 46.6 Å². The number of hydrogen-bond donors (Lipinski definition) is 3. The first kappa shape index (κ1) is 13.5. The van der Waals surface area contributed by atoms with E-state index >= 15 is 0 Å². The molecule has 0 fully saturated rings. The van der Waals surface area contributed by atoms with E-state index in [1.54, 1.807) is 0 Å². The minimum absolute atomic E-state index is 0.119. The predicted octanol–water partition coefficient (Wildman–Crippen LogP) is 1.72. The van der Waals surface area contributed by atoms with E-state index in [4.69, 9.17) is 5.73 Å². The number of nitrogens with two attached hydrogens (primary N) is 1. The van der Waals surface area contributed by atoms with Crippen LogP contribution < -0.4 is 11.1 Å². The summed E-state index contributed by atoms with van der Waals surface area (Å²) in [4.78, 5) is 12.0. The lowest BCUT2D eigenvalue weighted by atomic mass is 10.0. The molecule has 1 aromatic rings. The van der Waals surface area contributed by atoms with Crippen molar-refractivity contribution in [3.8, 4) is 0 Å². The number of H-pyrrole nitrogens is 1. The molecule has 0 spiro atoms. The zero-order valence-electron chi connectivity index (χ0n) is 11.0. The summed E-state index contributed by atoms with van der Waals surface area (Å²) in [5.41, 5.74) is 7.42. The van der Waals surface area contributed by atoms with Gasteiger partial charge in [0.1, 0.15) is 0 Å². The van der Waals surface area contributed by atoms with Crippen molar-refractivity contribution >= 4 is 11.6 Å². The van der Waals surface area contributed by atoms with Crippen molar-refractivity contribution in [1.29, 1.82) is 0 Å². The quantitative estimate of drug-likeness (QED) is 0.730. The molecule has 17 heavy (non-hydrogen) atoms. The van der Waals surface area contributed by atoms with Crippen molar-refractivity contribution in [1.82, 2.24) is 15.5 Å². The molecule has 1 rings (SSSR count). The predicted molar refractivity (Wildman–Crippen MR) is 68.8 cm³/mol. The third-order valence-electron chi connectivity index (χ3n) is 3.31. The van der Waals surface area contributed by atoms with Crippen molar-refractivity contribution in [2.75, 3.05) is 5.73 Å². The van der Waals surface area contributed by atoms with Crippen LogP contribution in [0, 0.1) is 5.92 Å². The third kappa shape index (κ3) is 2.99. The molecule has 5 nitrogen and oxygen atoms in total. The second-order valence-corrected chi connectivity index (χ2v) is 4.47. The Hall–Kier alpha value is -1.52. The first-order valence-corrected chi connectivity index (χ1v) is 6.14. The summed E-state index contributed by atoms with van der Waals surface area (Å²) in [6.45, 7) is 8.17. The van der Waals surface area contributed by atoms with Gasteiger partial charge < -0.3 is 11.1 Å². The minimum Gasteiger partial charge on any atom is -0.395 e. The van der Waals surface area contributed by atoms with Gasteiger partial charge in [-0.2, -0.15) is 5.10 Å². The van der Waals surface area contributed by atoms with Crippen LogP contribution in [0.4, 0.5) is 5.69 Å². The fourth-order valence-corrected chi connectivity index (χ4v) is 1.60. The van der Waals surface area contributed by atoms with Gasteiger partial charge in [-0.3, -0.25) is 9.89 Å². The van der Waals surface area contributed by atoms with E-state index in [9.17, 15) is 4.79 Å². The number of nitrogen functional groups attached to an aromatic ring is 1. The van der Waals surface area contributed by atoms with E-state index in [0.29, 0.717) is 17.3 Å². The number of anilines is 1. The van der Waals surface area contributed by atoms with Crippen molar-refractivity contribution in [2.24, 2.45) is 5.92 Å². The van der Waals surface area contributed by atoms with Crippen LogP contribution in [0.15, 0.2) is 0 Å². The monoisotopic (exact) mass is 238 g/mol. The molecule has 1 aromatic heterocycles. The minimum atomic E-state index is -0.203. The number of rotatable bonds is 5. The Bertz CT molecular complexity index is 386. The Balaban J connectivity index is 2.73. The second-order valence-electron chi connectivity index (χ2n) is 4.47. The molecular formula is C12H22N4O. The summed E-state index contributed by atoms with van der Waals surface area (Å²) < 4.78 is 0. The molecule has 4 N–H and O–H groups in total. The smallest absolute Gasteiger partial charge is 0.274 e. The van der Waals surface area contributed by atoms with Crippen LogP contribution in [0.1, 0.15) is 50.3 Å². The number of aromatic amines is 1. The van der Waals surface area contributed by atoms with E-state index in [1.165, 1.54) is 0 Å². The summed E-state index contributed by atoms with van der Waals surface area (Å²) in [6, 6.07) is 0.119. The molecule has 0 radical (unpaired) electrons. The number of carbonyl (C=O) groups excluding carboxylic acids is 1. The van der Waals surface area contributed by atoms with E-state index < -0.39 is 0 Å². The van der Waals surface area contributed by atoms with E-state index in [0.717, 1.165) is 18.5 Å². The van der Waals surface area contributed by atoms with E-state index in [-0.39, 0.29) is 11.9 Å². The molecule has 0 aromatic carbocycles. The molecule has 2 atom stereocenters. The fraction of sp³-hybridized carbons (Fsp3) is 0.667. The van der Waals surface area contributed by atoms with Crippen LogP contribution in [0.3, 0.4) is 0 Å². The highest BCUT2D eigenvalue weighted by Gasteiger charge is 2.19. The number of amides is 1. The van der Waals surface area contributed by atoms with Gasteiger partial charge in [0.2, 0.25) is 0 Å². The molecule has 0 aliphatic heterocycles. The maximum absolute atomic E-state index is 12.0.